The van der Waals surface area contributed by atoms with Gasteiger partial charge in [-0.25, -0.2) is 4.99 Å². The van der Waals surface area contributed by atoms with Crippen LogP contribution in [0, 0.1) is 17.4 Å². The van der Waals surface area contributed by atoms with Crippen molar-refractivity contribution in [3.8, 4) is 11.4 Å². The highest BCUT2D eigenvalue weighted by Crippen LogP contribution is 2.41. The van der Waals surface area contributed by atoms with E-state index in [0.717, 1.165) is 57.3 Å². The molecule has 0 bridgehead atoms. The molecule has 0 spiro atoms. The zero-order valence-electron chi connectivity index (χ0n) is 23.0. The third kappa shape index (κ3) is 4.42. The van der Waals surface area contributed by atoms with Gasteiger partial charge in [-0.15, -0.1) is 0 Å². The van der Waals surface area contributed by atoms with Crippen LogP contribution < -0.4 is 19.6 Å². The Labute approximate surface area is 255 Å². The van der Waals surface area contributed by atoms with E-state index in [-0.39, 0.29) is 11.6 Å². The molecule has 1 aliphatic heterocycles. The molecule has 7 heteroatoms. The zero-order valence-corrected chi connectivity index (χ0v) is 26.0. The number of rotatable bonds is 4. The van der Waals surface area contributed by atoms with Gasteiger partial charge in [0.25, 0.3) is 5.56 Å². The van der Waals surface area contributed by atoms with Gasteiger partial charge in [0.1, 0.15) is 5.75 Å². The van der Waals surface area contributed by atoms with Crippen LogP contribution >= 0.6 is 33.9 Å². The maximum atomic E-state index is 14.2. The van der Waals surface area contributed by atoms with E-state index in [0.29, 0.717) is 4.53 Å². The van der Waals surface area contributed by atoms with Crippen LogP contribution in [-0.2, 0) is 6.42 Å². The van der Waals surface area contributed by atoms with Crippen LogP contribution in [0.1, 0.15) is 46.1 Å². The average Bonchev–Trinajstić information content (AvgIpc) is 3.46. The van der Waals surface area contributed by atoms with E-state index in [4.69, 9.17) is 9.73 Å². The summed E-state index contributed by atoms with van der Waals surface area (Å²) in [5.41, 5.74) is 10.2. The van der Waals surface area contributed by atoms with E-state index in [1.54, 1.807) is 7.11 Å². The van der Waals surface area contributed by atoms with Gasteiger partial charge in [-0.2, -0.15) is 0 Å². The maximum Gasteiger partial charge on any atom is 0.271 e. The van der Waals surface area contributed by atoms with Crippen LogP contribution in [0.15, 0.2) is 94.2 Å². The number of thiazole rings is 1. The molecule has 0 amide bonds. The van der Waals surface area contributed by atoms with Gasteiger partial charge in [0.05, 0.1) is 23.4 Å². The second-order valence-corrected chi connectivity index (χ2v) is 12.8. The first kappa shape index (κ1) is 26.2. The number of aryl methyl sites for hydroxylation is 2. The summed E-state index contributed by atoms with van der Waals surface area (Å²) in [7, 11) is 1.67. The lowest BCUT2D eigenvalue weighted by atomic mass is 9.83. The Bertz CT molecular complexity index is 2030. The molecule has 0 unspecified atom stereocenters. The molecule has 0 saturated heterocycles. The minimum absolute atomic E-state index is 0.000885. The fourth-order valence-electron chi connectivity index (χ4n) is 6.17. The molecular weight excluding hydrogens is 641 g/mol. The largest absolute Gasteiger partial charge is 0.497 e. The monoisotopic (exact) mass is 669 g/mol. The highest BCUT2D eigenvalue weighted by Gasteiger charge is 2.32. The lowest BCUT2D eigenvalue weighted by Gasteiger charge is -2.30. The molecule has 5 nitrogen and oxygen atoms in total. The molecule has 2 aromatic heterocycles. The van der Waals surface area contributed by atoms with E-state index in [1.165, 1.54) is 31.6 Å². The fraction of sp³-hybridized carbons (Fsp3) is 0.176. The van der Waals surface area contributed by atoms with Gasteiger partial charge >= 0.3 is 0 Å². The first-order valence-corrected chi connectivity index (χ1v) is 15.5. The Balaban J connectivity index is 1.42. The number of fused-ring (bicyclic) bond motifs is 3. The summed E-state index contributed by atoms with van der Waals surface area (Å²) in [6.07, 6.45) is 3.84. The van der Waals surface area contributed by atoms with Crippen LogP contribution in [0.2, 0.25) is 0 Å². The van der Waals surface area contributed by atoms with Crippen molar-refractivity contribution in [2.75, 3.05) is 7.11 Å². The lowest BCUT2D eigenvalue weighted by Crippen LogP contribution is -2.38. The Morgan fingerprint density at radius 2 is 1.76 bits per heavy atom. The summed E-state index contributed by atoms with van der Waals surface area (Å²) in [6, 6.07) is 27.1. The average molecular weight is 670 g/mol. The Morgan fingerprint density at radius 3 is 2.51 bits per heavy atom. The van der Waals surface area contributed by atoms with Gasteiger partial charge < -0.3 is 9.30 Å². The van der Waals surface area contributed by atoms with Crippen molar-refractivity contribution >= 4 is 45.7 Å². The van der Waals surface area contributed by atoms with Crippen LogP contribution in [0.5, 0.6) is 5.75 Å². The SMILES string of the molecule is COc1ccc([C@@H]2C3=C(N=c4s/c(=C/c5cc(C)n(-c6ccc(I)cc6)c5C)c(=O)n42)c2ccccc2CC3)cc1. The molecule has 0 radical (unpaired) electrons. The van der Waals surface area contributed by atoms with Gasteiger partial charge in [-0.05, 0) is 120 Å². The molecule has 1 aliphatic carbocycles. The van der Waals surface area contributed by atoms with Crippen molar-refractivity contribution in [2.45, 2.75) is 32.7 Å². The van der Waals surface area contributed by atoms with E-state index >= 15 is 0 Å². The third-order valence-corrected chi connectivity index (χ3v) is 9.85. The highest BCUT2D eigenvalue weighted by molar-refractivity contribution is 14.1. The molecule has 204 valence electrons. The van der Waals surface area contributed by atoms with Gasteiger partial charge in [0.15, 0.2) is 4.80 Å². The minimum Gasteiger partial charge on any atom is -0.497 e. The molecule has 0 saturated carbocycles. The third-order valence-electron chi connectivity index (χ3n) is 8.15. The van der Waals surface area contributed by atoms with Crippen molar-refractivity contribution in [3.05, 3.63) is 141 Å². The highest BCUT2D eigenvalue weighted by atomic mass is 127. The Hall–Kier alpha value is -3.69. The summed E-state index contributed by atoms with van der Waals surface area (Å²) in [5.74, 6) is 0.799. The molecule has 3 aromatic carbocycles. The molecule has 0 N–H and O–H groups in total. The number of ether oxygens (including phenoxy) is 1. The van der Waals surface area contributed by atoms with Crippen LogP contribution in [0.3, 0.4) is 0 Å². The summed E-state index contributed by atoms with van der Waals surface area (Å²) in [5, 5.41) is 0. The topological polar surface area (TPSA) is 48.5 Å². The van der Waals surface area contributed by atoms with Gasteiger partial charge in [0, 0.05) is 26.2 Å². The number of methoxy groups -OCH3 is 1. The molecule has 5 aromatic rings. The number of hydrogen-bond acceptors (Lipinski definition) is 4. The van der Waals surface area contributed by atoms with E-state index in [1.807, 2.05) is 22.8 Å². The number of nitrogens with zero attached hydrogens (tertiary/aromatic N) is 3. The van der Waals surface area contributed by atoms with Gasteiger partial charge in [-0.3, -0.25) is 9.36 Å². The number of benzene rings is 3. The predicted octanol–water partition coefficient (Wildman–Crippen LogP) is 6.34. The first-order valence-electron chi connectivity index (χ1n) is 13.6. The molecule has 7 rings (SSSR count). The molecular formula is C34H28IN3O2S. The predicted molar refractivity (Wildman–Crippen MR) is 174 cm³/mol. The fourth-order valence-corrected chi connectivity index (χ4v) is 7.52. The van der Waals surface area contributed by atoms with E-state index < -0.39 is 0 Å². The Kier molecular flexibility index (Phi) is 6.59. The van der Waals surface area contributed by atoms with Crippen molar-refractivity contribution in [1.29, 1.82) is 0 Å². The van der Waals surface area contributed by atoms with Crippen molar-refractivity contribution in [2.24, 2.45) is 4.99 Å². The van der Waals surface area contributed by atoms with Crippen LogP contribution in [0.4, 0.5) is 0 Å². The molecule has 3 heterocycles. The van der Waals surface area contributed by atoms with Crippen LogP contribution in [0.25, 0.3) is 17.5 Å². The van der Waals surface area contributed by atoms with Crippen LogP contribution in [-0.4, -0.2) is 16.2 Å². The van der Waals surface area contributed by atoms with Crippen molar-refractivity contribution in [3.63, 3.8) is 0 Å². The van der Waals surface area contributed by atoms with Crippen molar-refractivity contribution in [1.82, 2.24) is 9.13 Å². The van der Waals surface area contributed by atoms with Crippen molar-refractivity contribution < 1.29 is 4.74 Å². The quantitative estimate of drug-likeness (QED) is 0.210. The summed E-state index contributed by atoms with van der Waals surface area (Å²) in [6.45, 7) is 4.22. The standard InChI is InChI=1S/C34H28IN3O2S/c1-20-18-24(21(2)37(20)26-13-11-25(35)12-14-26)19-30-33(39)38-32(23-8-15-27(40-3)16-9-23)29-17-10-22-6-4-5-7-28(22)31(29)36-34(38)41-30/h4-9,11-16,18-19,32H,10,17H2,1-3H3/b30-19+/t32-/m1/s1. The maximum absolute atomic E-state index is 14.2. The summed E-state index contributed by atoms with van der Waals surface area (Å²) in [4.78, 5) is 20.1. The normalized spacial score (nSPS) is 16.2. The summed E-state index contributed by atoms with van der Waals surface area (Å²) >= 11 is 3.80. The van der Waals surface area contributed by atoms with Gasteiger partial charge in [-0.1, -0.05) is 47.7 Å². The number of aromatic nitrogens is 2. The number of halogens is 1. The lowest BCUT2D eigenvalue weighted by molar-refractivity contribution is 0.414. The second-order valence-electron chi connectivity index (χ2n) is 10.5. The smallest absolute Gasteiger partial charge is 0.271 e. The molecule has 0 fully saturated rings. The summed E-state index contributed by atoms with van der Waals surface area (Å²) < 4.78 is 11.5. The van der Waals surface area contributed by atoms with E-state index in [2.05, 4.69) is 108 Å². The second kappa shape index (κ2) is 10.3. The molecule has 41 heavy (non-hydrogen) atoms. The van der Waals surface area contributed by atoms with Gasteiger partial charge in [0.2, 0.25) is 0 Å². The van der Waals surface area contributed by atoms with E-state index in [9.17, 15) is 4.79 Å². The molecule has 2 aliphatic rings. The number of allylic oxidation sites excluding steroid dienone is 1. The first-order chi connectivity index (χ1) is 19.9. The zero-order chi connectivity index (χ0) is 28.2. The number of hydrogen-bond donors (Lipinski definition) is 0. The Morgan fingerprint density at radius 1 is 1.00 bits per heavy atom. The molecule has 1 atom stereocenters. The minimum atomic E-state index is -0.207.